The van der Waals surface area contributed by atoms with Crippen LogP contribution >= 0.6 is 55.0 Å². The van der Waals surface area contributed by atoms with Crippen molar-refractivity contribution in [1.82, 2.24) is 0 Å². The van der Waals surface area contributed by atoms with Gasteiger partial charge in [-0.1, -0.05) is 0 Å². The lowest BCUT2D eigenvalue weighted by molar-refractivity contribution is 1.39. The maximum atomic E-state index is 3.54. The zero-order chi connectivity index (χ0) is 7.14. The molecule has 1 aliphatic heterocycles. The normalized spacial score (nSPS) is 15.8. The van der Waals surface area contributed by atoms with Crippen LogP contribution in [-0.2, 0) is 11.5 Å². The van der Waals surface area contributed by atoms with Crippen LogP contribution in [0.1, 0.15) is 11.1 Å². The molecule has 1 aromatic rings. The zero-order valence-corrected chi connectivity index (χ0v) is 9.79. The summed E-state index contributed by atoms with van der Waals surface area (Å²) in [7, 11) is 0. The number of rotatable bonds is 0. The van der Waals surface area contributed by atoms with Gasteiger partial charge in [-0.05, 0) is 43.0 Å². The van der Waals surface area contributed by atoms with E-state index in [1.165, 1.54) is 30.2 Å². The van der Waals surface area contributed by atoms with Gasteiger partial charge in [0, 0.05) is 11.5 Å². The first-order valence-electron chi connectivity index (χ1n) is 2.82. The quantitative estimate of drug-likeness (QED) is 0.697. The molecule has 2 rings (SSSR count). The SMILES string of the molecule is Brc1sc(Br)c2c1CSC2. The molecule has 0 saturated carbocycles. The van der Waals surface area contributed by atoms with Crippen LogP contribution in [0.15, 0.2) is 7.57 Å². The third kappa shape index (κ3) is 1.09. The topological polar surface area (TPSA) is 0 Å². The number of hydrogen-bond acceptors (Lipinski definition) is 2. The summed E-state index contributed by atoms with van der Waals surface area (Å²) in [5, 5.41) is 0. The van der Waals surface area contributed by atoms with E-state index in [0.29, 0.717) is 0 Å². The van der Waals surface area contributed by atoms with E-state index in [-0.39, 0.29) is 0 Å². The van der Waals surface area contributed by atoms with E-state index in [1.54, 1.807) is 11.3 Å². The smallest absolute Gasteiger partial charge is 0.0754 e. The molecule has 1 aromatic heterocycles. The summed E-state index contributed by atoms with van der Waals surface area (Å²) in [6.45, 7) is 0. The number of halogens is 2. The Bertz CT molecular complexity index is 242. The summed E-state index contributed by atoms with van der Waals surface area (Å²) < 4.78 is 2.61. The summed E-state index contributed by atoms with van der Waals surface area (Å²) in [6, 6.07) is 0. The average Bonchev–Trinajstić information content (AvgIpc) is 2.39. The fourth-order valence-corrected chi connectivity index (χ4v) is 5.86. The lowest BCUT2D eigenvalue weighted by Gasteiger charge is -1.85. The van der Waals surface area contributed by atoms with E-state index in [9.17, 15) is 0 Å². The highest BCUT2D eigenvalue weighted by Gasteiger charge is 2.19. The maximum absolute atomic E-state index is 3.54. The van der Waals surface area contributed by atoms with Gasteiger partial charge in [0.1, 0.15) is 0 Å². The second kappa shape index (κ2) is 2.81. The van der Waals surface area contributed by atoms with Gasteiger partial charge in [-0.15, -0.1) is 11.3 Å². The maximum Gasteiger partial charge on any atom is 0.0754 e. The highest BCUT2D eigenvalue weighted by Crippen LogP contribution is 2.45. The summed E-state index contributed by atoms with van der Waals surface area (Å²) in [5.41, 5.74) is 3.00. The van der Waals surface area contributed by atoms with Crippen molar-refractivity contribution in [2.75, 3.05) is 0 Å². The Kier molecular flexibility index (Phi) is 2.15. The molecule has 1 aliphatic rings. The van der Waals surface area contributed by atoms with Crippen molar-refractivity contribution in [3.05, 3.63) is 18.7 Å². The van der Waals surface area contributed by atoms with Crippen LogP contribution in [0.4, 0.5) is 0 Å². The average molecular weight is 300 g/mol. The molecular formula is C6H4Br2S2. The Hall–Kier alpha value is 1.01. The van der Waals surface area contributed by atoms with Gasteiger partial charge in [-0.25, -0.2) is 0 Å². The van der Waals surface area contributed by atoms with Crippen molar-refractivity contribution in [2.45, 2.75) is 11.5 Å². The van der Waals surface area contributed by atoms with Crippen LogP contribution in [0.25, 0.3) is 0 Å². The molecule has 0 nitrogen and oxygen atoms in total. The Morgan fingerprint density at radius 2 is 1.50 bits per heavy atom. The first kappa shape index (κ1) is 7.65. The van der Waals surface area contributed by atoms with Crippen molar-refractivity contribution in [3.63, 3.8) is 0 Å². The van der Waals surface area contributed by atoms with Crippen molar-refractivity contribution in [1.29, 1.82) is 0 Å². The molecule has 0 saturated heterocycles. The van der Waals surface area contributed by atoms with Crippen molar-refractivity contribution in [3.8, 4) is 0 Å². The van der Waals surface area contributed by atoms with E-state index in [1.807, 2.05) is 11.8 Å². The summed E-state index contributed by atoms with van der Waals surface area (Å²) in [4.78, 5) is 0. The molecule has 0 aromatic carbocycles. The van der Waals surface area contributed by atoms with E-state index in [0.717, 1.165) is 0 Å². The minimum absolute atomic E-state index is 1.18. The van der Waals surface area contributed by atoms with Gasteiger partial charge in [0.25, 0.3) is 0 Å². The minimum Gasteiger partial charge on any atom is -0.152 e. The van der Waals surface area contributed by atoms with E-state index < -0.39 is 0 Å². The Balaban J connectivity index is 2.61. The Morgan fingerprint density at radius 1 is 1.00 bits per heavy atom. The molecule has 10 heavy (non-hydrogen) atoms. The van der Waals surface area contributed by atoms with Crippen LogP contribution in [-0.4, -0.2) is 0 Å². The Labute approximate surface area is 84.7 Å². The number of hydrogen-bond donors (Lipinski definition) is 0. The van der Waals surface area contributed by atoms with Crippen molar-refractivity contribution >= 4 is 55.0 Å². The lowest BCUT2D eigenvalue weighted by atomic mass is 10.2. The predicted molar refractivity (Wildman–Crippen MR) is 54.7 cm³/mol. The number of thiophene rings is 1. The Morgan fingerprint density at radius 3 is 2.00 bits per heavy atom. The fourth-order valence-electron chi connectivity index (χ4n) is 0.982. The second-order valence-electron chi connectivity index (χ2n) is 2.10. The molecule has 0 N–H and O–H groups in total. The zero-order valence-electron chi connectivity index (χ0n) is 4.99. The van der Waals surface area contributed by atoms with E-state index >= 15 is 0 Å². The molecule has 54 valence electrons. The first-order chi connectivity index (χ1) is 4.79. The highest BCUT2D eigenvalue weighted by atomic mass is 79.9. The van der Waals surface area contributed by atoms with Gasteiger partial charge < -0.3 is 0 Å². The fraction of sp³-hybridized carbons (Fsp3) is 0.333. The van der Waals surface area contributed by atoms with E-state index in [4.69, 9.17) is 0 Å². The lowest BCUT2D eigenvalue weighted by Crippen LogP contribution is -1.72. The molecule has 0 radical (unpaired) electrons. The molecule has 0 bridgehead atoms. The van der Waals surface area contributed by atoms with Gasteiger partial charge in [0.05, 0.1) is 7.57 Å². The molecule has 2 heterocycles. The number of fused-ring (bicyclic) bond motifs is 1. The van der Waals surface area contributed by atoms with Crippen molar-refractivity contribution in [2.24, 2.45) is 0 Å². The van der Waals surface area contributed by atoms with Crippen molar-refractivity contribution < 1.29 is 0 Å². The molecule has 0 fully saturated rings. The highest BCUT2D eigenvalue weighted by molar-refractivity contribution is 9.12. The van der Waals surface area contributed by atoms with Gasteiger partial charge >= 0.3 is 0 Å². The monoisotopic (exact) mass is 298 g/mol. The molecule has 0 spiro atoms. The molecule has 0 amide bonds. The van der Waals surface area contributed by atoms with E-state index in [2.05, 4.69) is 31.9 Å². The molecule has 4 heteroatoms. The third-order valence-corrected chi connectivity index (χ3v) is 5.28. The van der Waals surface area contributed by atoms with Gasteiger partial charge in [-0.2, -0.15) is 11.8 Å². The van der Waals surface area contributed by atoms with Gasteiger partial charge in [0.2, 0.25) is 0 Å². The predicted octanol–water partition coefficient (Wildman–Crippen LogP) is 4.02. The van der Waals surface area contributed by atoms with Crippen LogP contribution in [0.2, 0.25) is 0 Å². The summed E-state index contributed by atoms with van der Waals surface area (Å²) in [5.74, 6) is 2.36. The van der Waals surface area contributed by atoms with Crippen LogP contribution in [0, 0.1) is 0 Å². The second-order valence-corrected chi connectivity index (χ2v) is 6.74. The molecule has 0 unspecified atom stereocenters. The van der Waals surface area contributed by atoms with Crippen LogP contribution in [0.5, 0.6) is 0 Å². The summed E-state index contributed by atoms with van der Waals surface area (Å²) in [6.07, 6.45) is 0. The van der Waals surface area contributed by atoms with Gasteiger partial charge in [-0.3, -0.25) is 0 Å². The summed E-state index contributed by atoms with van der Waals surface area (Å²) >= 11 is 10.9. The third-order valence-electron chi connectivity index (χ3n) is 1.51. The molecular weight excluding hydrogens is 296 g/mol. The van der Waals surface area contributed by atoms with Crippen LogP contribution in [0.3, 0.4) is 0 Å². The van der Waals surface area contributed by atoms with Crippen LogP contribution < -0.4 is 0 Å². The molecule has 0 aliphatic carbocycles. The largest absolute Gasteiger partial charge is 0.152 e. The first-order valence-corrected chi connectivity index (χ1v) is 6.38. The van der Waals surface area contributed by atoms with Gasteiger partial charge in [0.15, 0.2) is 0 Å². The standard InChI is InChI=1S/C6H4Br2S2/c7-5-3-1-9-2-4(3)6(8)10-5/h1-2H2. The number of thioether (sulfide) groups is 1. The minimum atomic E-state index is 1.18. The molecule has 0 atom stereocenters.